The molecule has 0 aliphatic carbocycles. The highest BCUT2D eigenvalue weighted by Gasteiger charge is 2.23. The van der Waals surface area contributed by atoms with Crippen LogP contribution < -0.4 is 5.32 Å². The molecule has 19 heavy (non-hydrogen) atoms. The summed E-state index contributed by atoms with van der Waals surface area (Å²) in [5, 5.41) is 2.87. The number of pyridine rings is 1. The van der Waals surface area contributed by atoms with Crippen molar-refractivity contribution in [2.45, 2.75) is 6.42 Å². The second-order valence-electron chi connectivity index (χ2n) is 4.46. The third-order valence-electron chi connectivity index (χ3n) is 3.07. The molecule has 104 valence electrons. The molecular weight excluding hydrogens is 266 g/mol. The highest BCUT2D eigenvalue weighted by molar-refractivity contribution is 7.91. The normalized spacial score (nSPS) is 18.7. The summed E-state index contributed by atoms with van der Waals surface area (Å²) in [4.78, 5) is 18.0. The zero-order valence-electron chi connectivity index (χ0n) is 10.8. The van der Waals surface area contributed by atoms with E-state index in [4.69, 9.17) is 0 Å². The smallest absolute Gasteiger partial charge is 0.272 e. The van der Waals surface area contributed by atoms with Crippen LogP contribution in [-0.2, 0) is 9.84 Å². The summed E-state index contributed by atoms with van der Waals surface area (Å²) in [7, 11) is -1.28. The Morgan fingerprint density at radius 2 is 2.11 bits per heavy atom. The maximum absolute atomic E-state index is 12.3. The Hall–Kier alpha value is -1.63. The number of hydrogen-bond acceptors (Lipinski definition) is 5. The third-order valence-corrected chi connectivity index (χ3v) is 4.78. The second-order valence-corrected chi connectivity index (χ2v) is 6.76. The lowest BCUT2D eigenvalue weighted by Crippen LogP contribution is -2.34. The van der Waals surface area contributed by atoms with Gasteiger partial charge in [0.1, 0.15) is 11.5 Å². The van der Waals surface area contributed by atoms with E-state index >= 15 is 0 Å². The number of aromatic nitrogens is 1. The minimum Gasteiger partial charge on any atom is -0.373 e. The van der Waals surface area contributed by atoms with Crippen LogP contribution in [0.4, 0.5) is 5.82 Å². The molecule has 0 radical (unpaired) electrons. The standard InChI is InChI=1S/C12H17N3O3S/c1-13-11-5-2-4-10(14-11)12(16)15-6-3-8-19(17,18)9-7-15/h2,4-5H,3,6-9H2,1H3,(H,13,14). The lowest BCUT2D eigenvalue weighted by Gasteiger charge is -2.19. The number of anilines is 1. The first-order chi connectivity index (χ1) is 9.02. The molecule has 0 atom stereocenters. The quantitative estimate of drug-likeness (QED) is 0.849. The molecule has 2 rings (SSSR count). The number of hydrogen-bond donors (Lipinski definition) is 1. The Morgan fingerprint density at radius 1 is 1.32 bits per heavy atom. The first-order valence-electron chi connectivity index (χ1n) is 6.16. The van der Waals surface area contributed by atoms with Crippen LogP contribution in [0.1, 0.15) is 16.9 Å². The van der Waals surface area contributed by atoms with Gasteiger partial charge >= 0.3 is 0 Å². The Balaban J connectivity index is 2.14. The molecule has 0 bridgehead atoms. The molecule has 1 aliphatic rings. The van der Waals surface area contributed by atoms with Crippen molar-refractivity contribution in [2.24, 2.45) is 0 Å². The van der Waals surface area contributed by atoms with Crippen LogP contribution in [0.25, 0.3) is 0 Å². The average molecular weight is 283 g/mol. The van der Waals surface area contributed by atoms with Crippen molar-refractivity contribution in [2.75, 3.05) is 37.0 Å². The van der Waals surface area contributed by atoms with E-state index in [-0.39, 0.29) is 24.0 Å². The van der Waals surface area contributed by atoms with Crippen molar-refractivity contribution in [3.63, 3.8) is 0 Å². The molecule has 7 heteroatoms. The van der Waals surface area contributed by atoms with Gasteiger partial charge in [-0.15, -0.1) is 0 Å². The number of carbonyl (C=O) groups is 1. The number of sulfone groups is 1. The molecule has 1 aromatic rings. The molecule has 1 fully saturated rings. The van der Waals surface area contributed by atoms with Crippen molar-refractivity contribution < 1.29 is 13.2 Å². The zero-order valence-corrected chi connectivity index (χ0v) is 11.6. The SMILES string of the molecule is CNc1cccc(C(=O)N2CCCS(=O)(=O)CC2)n1. The Morgan fingerprint density at radius 3 is 2.84 bits per heavy atom. The van der Waals surface area contributed by atoms with Crippen molar-refractivity contribution in [1.29, 1.82) is 0 Å². The van der Waals surface area contributed by atoms with E-state index in [0.29, 0.717) is 24.5 Å². The fourth-order valence-corrected chi connectivity index (χ4v) is 3.27. The number of nitrogens with zero attached hydrogens (tertiary/aromatic N) is 2. The highest BCUT2D eigenvalue weighted by atomic mass is 32.2. The van der Waals surface area contributed by atoms with Gasteiger partial charge in [0.15, 0.2) is 9.84 Å². The molecule has 0 aromatic carbocycles. The van der Waals surface area contributed by atoms with Crippen LogP contribution in [-0.4, -0.2) is 55.9 Å². The summed E-state index contributed by atoms with van der Waals surface area (Å²) >= 11 is 0. The first kappa shape index (κ1) is 13.8. The maximum Gasteiger partial charge on any atom is 0.272 e. The van der Waals surface area contributed by atoms with Crippen LogP contribution in [0.5, 0.6) is 0 Å². The Bertz CT molecular complexity index is 571. The van der Waals surface area contributed by atoms with Gasteiger partial charge < -0.3 is 10.2 Å². The van der Waals surface area contributed by atoms with Crippen molar-refractivity contribution >= 4 is 21.6 Å². The lowest BCUT2D eigenvalue weighted by atomic mass is 10.3. The average Bonchev–Trinajstić information content (AvgIpc) is 2.59. The van der Waals surface area contributed by atoms with Crippen LogP contribution in [0, 0.1) is 0 Å². The van der Waals surface area contributed by atoms with Gasteiger partial charge in [0, 0.05) is 20.1 Å². The van der Waals surface area contributed by atoms with Crippen LogP contribution in [0.2, 0.25) is 0 Å². The van der Waals surface area contributed by atoms with Gasteiger partial charge in [-0.3, -0.25) is 4.79 Å². The molecule has 0 spiro atoms. The Kier molecular flexibility index (Phi) is 4.04. The van der Waals surface area contributed by atoms with Gasteiger partial charge in [-0.25, -0.2) is 13.4 Å². The molecular formula is C12H17N3O3S. The topological polar surface area (TPSA) is 79.4 Å². The van der Waals surface area contributed by atoms with Crippen LogP contribution in [0.15, 0.2) is 18.2 Å². The van der Waals surface area contributed by atoms with Crippen molar-refractivity contribution in [3.05, 3.63) is 23.9 Å². The van der Waals surface area contributed by atoms with E-state index in [1.54, 1.807) is 30.1 Å². The number of rotatable bonds is 2. The molecule has 0 saturated carbocycles. The minimum absolute atomic E-state index is 0.0322. The first-order valence-corrected chi connectivity index (χ1v) is 7.98. The monoisotopic (exact) mass is 283 g/mol. The van der Waals surface area contributed by atoms with Crippen LogP contribution in [0.3, 0.4) is 0 Å². The summed E-state index contributed by atoms with van der Waals surface area (Å²) in [6.45, 7) is 0.705. The summed E-state index contributed by atoms with van der Waals surface area (Å²) in [5.74, 6) is 0.591. The van der Waals surface area contributed by atoms with Gasteiger partial charge in [-0.1, -0.05) is 6.07 Å². The lowest BCUT2D eigenvalue weighted by molar-refractivity contribution is 0.0763. The minimum atomic E-state index is -3.01. The molecule has 2 heterocycles. The van der Waals surface area contributed by atoms with E-state index in [9.17, 15) is 13.2 Å². The van der Waals surface area contributed by atoms with Gasteiger partial charge in [-0.05, 0) is 18.6 Å². The molecule has 6 nitrogen and oxygen atoms in total. The number of amides is 1. The molecule has 1 saturated heterocycles. The van der Waals surface area contributed by atoms with Gasteiger partial charge in [0.25, 0.3) is 5.91 Å². The molecule has 1 aromatic heterocycles. The number of carbonyl (C=O) groups excluding carboxylic acids is 1. The summed E-state index contributed by atoms with van der Waals surface area (Å²) in [6.07, 6.45) is 0.486. The molecule has 1 amide bonds. The van der Waals surface area contributed by atoms with Gasteiger partial charge in [0.05, 0.1) is 11.5 Å². The van der Waals surface area contributed by atoms with E-state index in [0.717, 1.165) is 0 Å². The summed E-state index contributed by atoms with van der Waals surface area (Å²) in [6, 6.07) is 5.16. The molecule has 1 aliphatic heterocycles. The maximum atomic E-state index is 12.3. The van der Waals surface area contributed by atoms with Gasteiger partial charge in [-0.2, -0.15) is 0 Å². The molecule has 0 unspecified atom stereocenters. The van der Waals surface area contributed by atoms with E-state index in [2.05, 4.69) is 10.3 Å². The van der Waals surface area contributed by atoms with Gasteiger partial charge in [0.2, 0.25) is 0 Å². The second kappa shape index (κ2) is 5.56. The van der Waals surface area contributed by atoms with Crippen LogP contribution >= 0.6 is 0 Å². The van der Waals surface area contributed by atoms with E-state index in [1.807, 2.05) is 0 Å². The molecule has 1 N–H and O–H groups in total. The predicted molar refractivity (Wildman–Crippen MR) is 73.0 cm³/mol. The fraction of sp³-hybridized carbons (Fsp3) is 0.500. The summed E-state index contributed by atoms with van der Waals surface area (Å²) < 4.78 is 23.0. The zero-order chi connectivity index (χ0) is 13.9. The van der Waals surface area contributed by atoms with E-state index < -0.39 is 9.84 Å². The fourth-order valence-electron chi connectivity index (χ4n) is 2.00. The number of nitrogens with one attached hydrogen (secondary N) is 1. The predicted octanol–water partition coefficient (Wildman–Crippen LogP) is 0.384. The highest BCUT2D eigenvalue weighted by Crippen LogP contribution is 2.11. The van der Waals surface area contributed by atoms with Crippen molar-refractivity contribution in [3.8, 4) is 0 Å². The third kappa shape index (κ3) is 3.44. The largest absolute Gasteiger partial charge is 0.373 e. The van der Waals surface area contributed by atoms with Crippen molar-refractivity contribution in [1.82, 2.24) is 9.88 Å². The Labute approximate surface area is 112 Å². The van der Waals surface area contributed by atoms with E-state index in [1.165, 1.54) is 0 Å². The summed E-state index contributed by atoms with van der Waals surface area (Å²) in [5.41, 5.74) is 0.339.